The minimum atomic E-state index is -3.73. The van der Waals surface area contributed by atoms with Crippen molar-refractivity contribution in [2.45, 2.75) is 13.3 Å². The van der Waals surface area contributed by atoms with Crippen LogP contribution in [0.15, 0.2) is 12.7 Å². The Balaban J connectivity index is -0.000000202. The summed E-state index contributed by atoms with van der Waals surface area (Å²) in [6.07, 6.45) is 1.20. The summed E-state index contributed by atoms with van der Waals surface area (Å²) < 4.78 is 25.3. The Morgan fingerprint density at radius 3 is 2.54 bits per heavy atom. The molecule has 0 saturated heterocycles. The van der Waals surface area contributed by atoms with E-state index in [1.54, 1.807) is 6.92 Å². The molecular formula is C6H12CaO5S. The number of carbonyl (C=O) groups excluding carboxylic acids is 1. The summed E-state index contributed by atoms with van der Waals surface area (Å²) in [7, 11) is -3.73. The van der Waals surface area contributed by atoms with Gasteiger partial charge in [-0.1, -0.05) is 17.8 Å². The van der Waals surface area contributed by atoms with Gasteiger partial charge in [-0.3, -0.25) is 4.89 Å². The molecule has 0 atom stereocenters. The van der Waals surface area contributed by atoms with Gasteiger partial charge in [0.2, 0.25) is 0 Å². The smallest absolute Gasteiger partial charge is 1.00 e. The van der Waals surface area contributed by atoms with Gasteiger partial charge in [-0.25, -0.2) is 4.79 Å². The standard InChI is InChI=1S/C6H10O5S.Ca.2H/c1-3-5-12(8,9)11-10-6(7)4-2;;;/h4H,2-3,5H2,1H3;;;/q;+2;2*-1. The summed E-state index contributed by atoms with van der Waals surface area (Å²) >= 11 is 0. The van der Waals surface area contributed by atoms with E-state index in [0.717, 1.165) is 6.08 Å². The molecule has 0 aromatic rings. The molecule has 0 amide bonds. The van der Waals surface area contributed by atoms with Crippen molar-refractivity contribution in [1.82, 2.24) is 0 Å². The fourth-order valence-electron chi connectivity index (χ4n) is 0.403. The van der Waals surface area contributed by atoms with Crippen molar-refractivity contribution in [3.8, 4) is 0 Å². The molecule has 0 aliphatic carbocycles. The predicted molar refractivity (Wildman–Crippen MR) is 49.4 cm³/mol. The van der Waals surface area contributed by atoms with Crippen molar-refractivity contribution in [3.05, 3.63) is 12.7 Å². The maximum Gasteiger partial charge on any atom is 2.00 e. The van der Waals surface area contributed by atoms with Gasteiger partial charge in [-0.05, 0) is 6.42 Å². The molecule has 0 radical (unpaired) electrons. The molecule has 0 aliphatic heterocycles. The van der Waals surface area contributed by atoms with Gasteiger partial charge >= 0.3 is 53.8 Å². The van der Waals surface area contributed by atoms with Crippen LogP contribution >= 0.6 is 0 Å². The molecule has 0 fully saturated rings. The zero-order valence-corrected chi connectivity index (χ0v) is 10.4. The van der Waals surface area contributed by atoms with E-state index >= 15 is 0 Å². The summed E-state index contributed by atoms with van der Waals surface area (Å²) in [5, 5.41) is 0. The first-order chi connectivity index (χ1) is 5.52. The number of rotatable bonds is 5. The van der Waals surface area contributed by atoms with Crippen LogP contribution in [0.4, 0.5) is 0 Å². The van der Waals surface area contributed by atoms with E-state index in [2.05, 4.69) is 15.8 Å². The zero-order chi connectivity index (χ0) is 9.61. The van der Waals surface area contributed by atoms with Crippen LogP contribution in [-0.4, -0.2) is 57.9 Å². The van der Waals surface area contributed by atoms with Crippen LogP contribution in [0.2, 0.25) is 0 Å². The van der Waals surface area contributed by atoms with Crippen molar-refractivity contribution >= 4 is 53.8 Å². The predicted octanol–water partition coefficient (Wildman–Crippen LogP) is 0.231. The largest absolute Gasteiger partial charge is 2.00 e. The summed E-state index contributed by atoms with van der Waals surface area (Å²) in [6.45, 7) is 4.72. The average Bonchev–Trinajstić information content (AvgIpc) is 2.00. The Bertz CT molecular complexity index is 267. The van der Waals surface area contributed by atoms with Crippen molar-refractivity contribution in [2.24, 2.45) is 0 Å². The van der Waals surface area contributed by atoms with Gasteiger partial charge in [0, 0.05) is 6.08 Å². The molecular weight excluding hydrogens is 224 g/mol. The van der Waals surface area contributed by atoms with Gasteiger partial charge in [0.25, 0.3) is 0 Å². The third-order valence-electron chi connectivity index (χ3n) is 0.841. The first-order valence-corrected chi connectivity index (χ1v) is 4.84. The fraction of sp³-hybridized carbons (Fsp3) is 0.500. The van der Waals surface area contributed by atoms with E-state index in [0.29, 0.717) is 6.42 Å². The third-order valence-corrected chi connectivity index (χ3v) is 2.02. The minimum Gasteiger partial charge on any atom is -1.00 e. The molecule has 0 rings (SSSR count). The van der Waals surface area contributed by atoms with Crippen molar-refractivity contribution in [2.75, 3.05) is 5.75 Å². The van der Waals surface area contributed by atoms with E-state index in [4.69, 9.17) is 0 Å². The third kappa shape index (κ3) is 8.70. The van der Waals surface area contributed by atoms with Gasteiger partial charge in [-0.2, -0.15) is 8.42 Å². The summed E-state index contributed by atoms with van der Waals surface area (Å²) in [6, 6.07) is 0. The van der Waals surface area contributed by atoms with Crippen LogP contribution in [0.5, 0.6) is 0 Å². The zero-order valence-electron chi connectivity index (χ0n) is 9.36. The van der Waals surface area contributed by atoms with Crippen LogP contribution in [0.1, 0.15) is 16.2 Å². The number of carbonyl (C=O) groups is 1. The summed E-state index contributed by atoms with van der Waals surface area (Å²) in [5.41, 5.74) is 0. The van der Waals surface area contributed by atoms with E-state index < -0.39 is 16.1 Å². The van der Waals surface area contributed by atoms with Gasteiger partial charge in [-0.15, -0.1) is 0 Å². The molecule has 0 spiro atoms. The Morgan fingerprint density at radius 2 is 2.15 bits per heavy atom. The molecule has 7 heteroatoms. The van der Waals surface area contributed by atoms with Gasteiger partial charge in [0.05, 0.1) is 5.75 Å². The van der Waals surface area contributed by atoms with Gasteiger partial charge in [0.1, 0.15) is 0 Å². The number of hydrogen-bond donors (Lipinski definition) is 0. The quantitative estimate of drug-likeness (QED) is 0.296. The van der Waals surface area contributed by atoms with Crippen molar-refractivity contribution < 1.29 is 25.3 Å². The summed E-state index contributed by atoms with van der Waals surface area (Å²) in [4.78, 5) is 14.2. The molecule has 0 unspecified atom stereocenters. The van der Waals surface area contributed by atoms with Crippen molar-refractivity contribution in [1.29, 1.82) is 0 Å². The molecule has 13 heavy (non-hydrogen) atoms. The molecule has 0 heterocycles. The van der Waals surface area contributed by atoms with Gasteiger partial charge < -0.3 is 2.85 Å². The Morgan fingerprint density at radius 1 is 1.62 bits per heavy atom. The van der Waals surface area contributed by atoms with E-state index in [9.17, 15) is 13.2 Å². The Kier molecular flexibility index (Phi) is 9.44. The number of hydrogen-bond acceptors (Lipinski definition) is 5. The minimum absolute atomic E-state index is 0. The summed E-state index contributed by atoms with van der Waals surface area (Å²) in [5.74, 6) is -1.12. The van der Waals surface area contributed by atoms with Crippen LogP contribution in [0.25, 0.3) is 0 Å². The normalized spacial score (nSPS) is 9.92. The first kappa shape index (κ1) is 15.8. The molecule has 74 valence electrons. The molecule has 0 N–H and O–H groups in total. The topological polar surface area (TPSA) is 69.7 Å². The van der Waals surface area contributed by atoms with Crippen LogP contribution in [0.3, 0.4) is 0 Å². The van der Waals surface area contributed by atoms with Crippen LogP contribution < -0.4 is 0 Å². The second-order valence-corrected chi connectivity index (χ2v) is 3.60. The SMILES string of the molecule is C=CC(=O)OOS(=O)(=O)CCC.[Ca+2].[H-].[H-]. The molecule has 0 aliphatic rings. The first-order valence-electron chi connectivity index (χ1n) is 3.27. The van der Waals surface area contributed by atoms with Crippen LogP contribution in [-0.2, 0) is 24.1 Å². The monoisotopic (exact) mass is 236 g/mol. The molecule has 0 saturated carbocycles. The fourth-order valence-corrected chi connectivity index (χ4v) is 1.14. The molecule has 5 nitrogen and oxygen atoms in total. The van der Waals surface area contributed by atoms with E-state index in [-0.39, 0.29) is 46.3 Å². The van der Waals surface area contributed by atoms with Crippen molar-refractivity contribution in [3.63, 3.8) is 0 Å². The molecule has 0 bridgehead atoms. The van der Waals surface area contributed by atoms with Crippen LogP contribution in [0, 0.1) is 0 Å². The maximum atomic E-state index is 10.7. The average molecular weight is 236 g/mol. The van der Waals surface area contributed by atoms with Gasteiger partial charge in [0.15, 0.2) is 0 Å². The molecule has 0 aromatic heterocycles. The second-order valence-electron chi connectivity index (χ2n) is 1.94. The maximum absolute atomic E-state index is 10.7. The second kappa shape index (κ2) is 7.75. The van der Waals surface area contributed by atoms with E-state index in [1.807, 2.05) is 0 Å². The molecule has 0 aromatic carbocycles. The Labute approximate surface area is 110 Å². The Hall–Kier alpha value is 0.380. The van der Waals surface area contributed by atoms with E-state index in [1.165, 1.54) is 0 Å².